The van der Waals surface area contributed by atoms with Crippen molar-refractivity contribution < 1.29 is 4.79 Å². The van der Waals surface area contributed by atoms with E-state index in [0.29, 0.717) is 5.92 Å². The molecule has 4 heteroatoms. The zero-order valence-electron chi connectivity index (χ0n) is 13.4. The highest BCUT2D eigenvalue weighted by molar-refractivity contribution is 5.84. The van der Waals surface area contributed by atoms with E-state index >= 15 is 0 Å². The molecular weight excluding hydrogens is 262 g/mol. The minimum atomic E-state index is 0.0934. The number of fused-ring (bicyclic) bond motifs is 1. The van der Waals surface area contributed by atoms with Gasteiger partial charge in [-0.2, -0.15) is 0 Å². The van der Waals surface area contributed by atoms with E-state index in [4.69, 9.17) is 0 Å². The summed E-state index contributed by atoms with van der Waals surface area (Å²) in [4.78, 5) is 16.9. The molecule has 1 aliphatic carbocycles. The first-order chi connectivity index (χ1) is 9.89. The first-order valence-corrected chi connectivity index (χ1v) is 7.85. The van der Waals surface area contributed by atoms with Crippen LogP contribution < -0.4 is 5.32 Å². The molecule has 1 fully saturated rings. The molecule has 21 heavy (non-hydrogen) atoms. The molecule has 3 rings (SSSR count). The van der Waals surface area contributed by atoms with Gasteiger partial charge in [-0.25, -0.2) is 4.98 Å². The zero-order chi connectivity index (χ0) is 15.2. The molecule has 1 amide bonds. The lowest BCUT2D eigenvalue weighted by Gasteiger charge is -2.25. The number of nitrogens with zero attached hydrogens (tertiary/aromatic N) is 2. The highest BCUT2D eigenvalue weighted by Crippen LogP contribution is 2.59. The highest BCUT2D eigenvalue weighted by Gasteiger charge is 2.60. The Hall–Kier alpha value is -1.58. The van der Waals surface area contributed by atoms with Crippen molar-refractivity contribution in [1.29, 1.82) is 0 Å². The van der Waals surface area contributed by atoms with Gasteiger partial charge in [0.15, 0.2) is 0 Å². The Morgan fingerprint density at radius 1 is 1.48 bits per heavy atom. The Morgan fingerprint density at radius 2 is 2.24 bits per heavy atom. The molecule has 2 heterocycles. The third-order valence-corrected chi connectivity index (χ3v) is 4.99. The molecule has 0 aromatic carbocycles. The molecule has 1 N–H and O–H groups in total. The third kappa shape index (κ3) is 2.63. The van der Waals surface area contributed by atoms with Crippen LogP contribution in [0.15, 0.2) is 24.0 Å². The van der Waals surface area contributed by atoms with Crippen LogP contribution in [-0.4, -0.2) is 21.5 Å². The number of aryl methyl sites for hydroxylation is 1. The molecule has 114 valence electrons. The monoisotopic (exact) mass is 287 g/mol. The van der Waals surface area contributed by atoms with Gasteiger partial charge in [0.1, 0.15) is 5.82 Å². The lowest BCUT2D eigenvalue weighted by molar-refractivity contribution is -0.124. The summed E-state index contributed by atoms with van der Waals surface area (Å²) in [5.41, 5.74) is 1.39. The normalized spacial score (nSPS) is 29.4. The minimum Gasteiger partial charge on any atom is -0.351 e. The van der Waals surface area contributed by atoms with E-state index in [-0.39, 0.29) is 23.3 Å². The van der Waals surface area contributed by atoms with Crippen LogP contribution in [0.2, 0.25) is 0 Å². The number of rotatable bonds is 3. The molecular formula is C17H25N3O. The van der Waals surface area contributed by atoms with Gasteiger partial charge in [0, 0.05) is 31.4 Å². The molecule has 2 aliphatic rings. The maximum Gasteiger partial charge on any atom is 0.224 e. The summed E-state index contributed by atoms with van der Waals surface area (Å²) < 4.78 is 2.15. The zero-order valence-corrected chi connectivity index (χ0v) is 13.4. The fourth-order valence-corrected chi connectivity index (χ4v) is 3.62. The standard InChI is InChI=1S/C17H25N3O/c1-11(2)9-13-15(17(13,3)4)16(21)19-12-5-6-14-18-7-8-20(14)10-12/h7-9,12-13,15H,5-6,10H2,1-4H3,(H,19,21)/t12-,13-,15-/m1/s1. The third-order valence-electron chi connectivity index (χ3n) is 4.99. The molecule has 1 aromatic rings. The van der Waals surface area contributed by atoms with Crippen molar-refractivity contribution in [2.75, 3.05) is 0 Å². The number of carbonyl (C=O) groups is 1. The summed E-state index contributed by atoms with van der Waals surface area (Å²) in [5, 5.41) is 3.25. The lowest BCUT2D eigenvalue weighted by atomic mass is 10.1. The first kappa shape index (κ1) is 14.4. The molecule has 1 saturated carbocycles. The molecule has 0 saturated heterocycles. The number of hydrogen-bond donors (Lipinski definition) is 1. The fourth-order valence-electron chi connectivity index (χ4n) is 3.62. The van der Waals surface area contributed by atoms with Crippen LogP contribution in [-0.2, 0) is 17.8 Å². The SMILES string of the molecule is CC(C)=C[C@@H]1[C@H](C(=O)N[C@@H]2CCc3nccn3C2)C1(C)C. The van der Waals surface area contributed by atoms with Gasteiger partial charge in [-0.15, -0.1) is 0 Å². The molecule has 4 nitrogen and oxygen atoms in total. The van der Waals surface area contributed by atoms with E-state index in [0.717, 1.165) is 25.2 Å². The second-order valence-electron chi connectivity index (χ2n) is 7.31. The Morgan fingerprint density at radius 3 is 2.95 bits per heavy atom. The number of imidazole rings is 1. The predicted octanol–water partition coefficient (Wildman–Crippen LogP) is 2.55. The Balaban J connectivity index is 1.62. The molecule has 1 aromatic heterocycles. The van der Waals surface area contributed by atoms with Crippen molar-refractivity contribution >= 4 is 5.91 Å². The van der Waals surface area contributed by atoms with E-state index < -0.39 is 0 Å². The number of amides is 1. The molecule has 0 unspecified atom stereocenters. The van der Waals surface area contributed by atoms with Crippen molar-refractivity contribution in [3.8, 4) is 0 Å². The number of aromatic nitrogens is 2. The highest BCUT2D eigenvalue weighted by atomic mass is 16.2. The summed E-state index contributed by atoms with van der Waals surface area (Å²) in [6.45, 7) is 9.43. The van der Waals surface area contributed by atoms with Gasteiger partial charge in [0.25, 0.3) is 0 Å². The van der Waals surface area contributed by atoms with E-state index in [1.165, 1.54) is 5.57 Å². The Kier molecular flexibility index (Phi) is 3.42. The molecule has 3 atom stereocenters. The fraction of sp³-hybridized carbons (Fsp3) is 0.647. The lowest BCUT2D eigenvalue weighted by Crippen LogP contribution is -2.42. The van der Waals surface area contributed by atoms with Gasteiger partial charge in [0.05, 0.1) is 5.92 Å². The van der Waals surface area contributed by atoms with Crippen LogP contribution in [0.5, 0.6) is 0 Å². The van der Waals surface area contributed by atoms with Crippen LogP contribution >= 0.6 is 0 Å². The van der Waals surface area contributed by atoms with Crippen molar-refractivity contribution in [2.24, 2.45) is 17.3 Å². The average Bonchev–Trinajstić information content (AvgIpc) is 2.74. The van der Waals surface area contributed by atoms with Gasteiger partial charge in [-0.3, -0.25) is 4.79 Å². The predicted molar refractivity (Wildman–Crippen MR) is 82.7 cm³/mol. The van der Waals surface area contributed by atoms with Gasteiger partial charge in [0.2, 0.25) is 5.91 Å². The van der Waals surface area contributed by atoms with Crippen molar-refractivity contribution in [3.63, 3.8) is 0 Å². The summed E-state index contributed by atoms with van der Waals surface area (Å²) in [5.74, 6) is 1.86. The summed E-state index contributed by atoms with van der Waals surface area (Å²) in [7, 11) is 0. The molecule has 0 bridgehead atoms. The Labute approximate surface area is 126 Å². The van der Waals surface area contributed by atoms with Crippen LogP contribution in [0.3, 0.4) is 0 Å². The summed E-state index contributed by atoms with van der Waals surface area (Å²) in [6.07, 6.45) is 8.03. The van der Waals surface area contributed by atoms with Gasteiger partial charge in [-0.05, 0) is 31.6 Å². The molecule has 0 spiro atoms. The average molecular weight is 287 g/mol. The maximum atomic E-state index is 12.6. The first-order valence-electron chi connectivity index (χ1n) is 7.85. The number of hydrogen-bond acceptors (Lipinski definition) is 2. The van der Waals surface area contributed by atoms with Gasteiger partial charge >= 0.3 is 0 Å². The van der Waals surface area contributed by atoms with E-state index in [9.17, 15) is 4.79 Å². The van der Waals surface area contributed by atoms with Crippen molar-refractivity contribution in [1.82, 2.24) is 14.9 Å². The van der Waals surface area contributed by atoms with Crippen LogP contribution in [0.1, 0.15) is 39.9 Å². The molecule has 1 aliphatic heterocycles. The quantitative estimate of drug-likeness (QED) is 0.869. The topological polar surface area (TPSA) is 46.9 Å². The number of carbonyl (C=O) groups excluding carboxylic acids is 1. The summed E-state index contributed by atoms with van der Waals surface area (Å²) >= 11 is 0. The molecule has 0 radical (unpaired) electrons. The number of allylic oxidation sites excluding steroid dienone is 2. The van der Waals surface area contributed by atoms with E-state index in [1.54, 1.807) is 0 Å². The number of nitrogens with one attached hydrogen (secondary N) is 1. The Bertz CT molecular complexity index is 581. The van der Waals surface area contributed by atoms with E-state index in [2.05, 4.69) is 48.6 Å². The van der Waals surface area contributed by atoms with E-state index in [1.807, 2.05) is 12.4 Å². The second kappa shape index (κ2) is 5.00. The van der Waals surface area contributed by atoms with Crippen molar-refractivity contribution in [3.05, 3.63) is 29.9 Å². The maximum absolute atomic E-state index is 12.6. The smallest absolute Gasteiger partial charge is 0.224 e. The summed E-state index contributed by atoms with van der Waals surface area (Å²) in [6, 6.07) is 0.239. The second-order valence-corrected chi connectivity index (χ2v) is 7.31. The van der Waals surface area contributed by atoms with Gasteiger partial charge < -0.3 is 9.88 Å². The van der Waals surface area contributed by atoms with Gasteiger partial charge in [-0.1, -0.05) is 25.5 Å². The van der Waals surface area contributed by atoms with Crippen LogP contribution in [0.4, 0.5) is 0 Å². The van der Waals surface area contributed by atoms with Crippen molar-refractivity contribution in [2.45, 2.75) is 53.1 Å². The largest absolute Gasteiger partial charge is 0.351 e. The van der Waals surface area contributed by atoms with Crippen LogP contribution in [0.25, 0.3) is 0 Å². The van der Waals surface area contributed by atoms with Crippen LogP contribution in [0, 0.1) is 17.3 Å². The minimum absolute atomic E-state index is 0.0934.